The van der Waals surface area contributed by atoms with Crippen molar-refractivity contribution in [3.8, 4) is 5.88 Å². The number of nitrogens with zero attached hydrogens (tertiary/aromatic N) is 2. The van der Waals surface area contributed by atoms with E-state index in [2.05, 4.69) is 15.3 Å². The van der Waals surface area contributed by atoms with Crippen LogP contribution >= 0.6 is 0 Å². The van der Waals surface area contributed by atoms with Gasteiger partial charge in [-0.3, -0.25) is 0 Å². The van der Waals surface area contributed by atoms with Crippen molar-refractivity contribution < 1.29 is 4.74 Å². The third-order valence-electron chi connectivity index (χ3n) is 4.30. The van der Waals surface area contributed by atoms with Gasteiger partial charge in [0.25, 0.3) is 0 Å². The van der Waals surface area contributed by atoms with Gasteiger partial charge in [-0.2, -0.15) is 0 Å². The molecule has 1 aromatic carbocycles. The Morgan fingerprint density at radius 1 is 1.21 bits per heavy atom. The number of rotatable bonds is 3. The van der Waals surface area contributed by atoms with Gasteiger partial charge in [-0.1, -0.05) is 12.1 Å². The van der Waals surface area contributed by atoms with Crippen molar-refractivity contribution in [2.75, 3.05) is 6.61 Å². The molecule has 4 heteroatoms. The van der Waals surface area contributed by atoms with Gasteiger partial charge in [0.05, 0.1) is 23.8 Å². The van der Waals surface area contributed by atoms with E-state index in [0.29, 0.717) is 17.8 Å². The summed E-state index contributed by atoms with van der Waals surface area (Å²) in [5, 5.41) is 3.63. The van der Waals surface area contributed by atoms with E-state index in [1.807, 2.05) is 24.3 Å². The second-order valence-corrected chi connectivity index (χ2v) is 5.55. The monoisotopic (exact) mass is 255 g/mol. The van der Waals surface area contributed by atoms with Gasteiger partial charge in [0.2, 0.25) is 5.88 Å². The third kappa shape index (κ3) is 2.06. The predicted octanol–water partition coefficient (Wildman–Crippen LogP) is 2.15. The lowest BCUT2D eigenvalue weighted by atomic mass is 9.90. The summed E-state index contributed by atoms with van der Waals surface area (Å²) in [6, 6.07) is 9.25. The van der Waals surface area contributed by atoms with E-state index in [1.54, 1.807) is 6.20 Å². The van der Waals surface area contributed by atoms with Crippen molar-refractivity contribution in [3.05, 3.63) is 30.5 Å². The Bertz CT molecular complexity index is 601. The van der Waals surface area contributed by atoms with Crippen molar-refractivity contribution >= 4 is 11.0 Å². The van der Waals surface area contributed by atoms with Gasteiger partial charge in [-0.25, -0.2) is 9.97 Å². The molecule has 0 aliphatic carbocycles. The summed E-state index contributed by atoms with van der Waals surface area (Å²) in [5.41, 5.74) is 1.81. The normalized spacial score (nSPS) is 28.9. The summed E-state index contributed by atoms with van der Waals surface area (Å²) >= 11 is 0. The molecule has 3 unspecified atom stereocenters. The van der Waals surface area contributed by atoms with Crippen LogP contribution in [0.4, 0.5) is 0 Å². The Morgan fingerprint density at radius 3 is 2.89 bits per heavy atom. The quantitative estimate of drug-likeness (QED) is 0.913. The first kappa shape index (κ1) is 11.2. The van der Waals surface area contributed by atoms with E-state index in [1.165, 1.54) is 19.3 Å². The molecular formula is C15H17N3O. The Kier molecular flexibility index (Phi) is 2.62. The average molecular weight is 255 g/mol. The van der Waals surface area contributed by atoms with Gasteiger partial charge in [0.15, 0.2) is 0 Å². The lowest BCUT2D eigenvalue weighted by molar-refractivity contribution is 0.216. The van der Waals surface area contributed by atoms with Gasteiger partial charge in [0, 0.05) is 18.0 Å². The zero-order valence-corrected chi connectivity index (χ0v) is 10.7. The predicted molar refractivity (Wildman–Crippen MR) is 73.1 cm³/mol. The summed E-state index contributed by atoms with van der Waals surface area (Å²) in [5.74, 6) is 1.27. The largest absolute Gasteiger partial charge is 0.476 e. The Hall–Kier alpha value is -1.68. The van der Waals surface area contributed by atoms with Gasteiger partial charge in [0.1, 0.15) is 0 Å². The smallest absolute Gasteiger partial charge is 0.232 e. The molecule has 2 fully saturated rings. The molecule has 0 spiro atoms. The molecule has 3 heterocycles. The molecule has 2 aliphatic heterocycles. The van der Waals surface area contributed by atoms with E-state index >= 15 is 0 Å². The number of hydrogen-bond donors (Lipinski definition) is 1. The zero-order valence-electron chi connectivity index (χ0n) is 10.7. The first-order valence-corrected chi connectivity index (χ1v) is 6.99. The molecule has 0 amide bonds. The summed E-state index contributed by atoms with van der Waals surface area (Å²) in [7, 11) is 0. The Balaban J connectivity index is 1.46. The minimum atomic E-state index is 0.632. The van der Waals surface area contributed by atoms with Gasteiger partial charge in [-0.15, -0.1) is 0 Å². The minimum Gasteiger partial charge on any atom is -0.476 e. The fourth-order valence-electron chi connectivity index (χ4n) is 3.32. The van der Waals surface area contributed by atoms with Crippen molar-refractivity contribution in [1.82, 2.24) is 15.3 Å². The maximum Gasteiger partial charge on any atom is 0.232 e. The van der Waals surface area contributed by atoms with E-state index in [4.69, 9.17) is 4.74 Å². The standard InChI is InChI=1S/C15H17N3O/c1-2-4-14-13(3-1)16-8-15(18-14)19-9-10-7-11-5-6-12(10)17-11/h1-4,8,10-12,17H,5-7,9H2. The van der Waals surface area contributed by atoms with Crippen molar-refractivity contribution in [2.24, 2.45) is 5.92 Å². The van der Waals surface area contributed by atoms with Crippen LogP contribution in [0.3, 0.4) is 0 Å². The molecule has 4 rings (SSSR count). The number of nitrogens with one attached hydrogen (secondary N) is 1. The molecule has 1 aromatic heterocycles. The van der Waals surface area contributed by atoms with Crippen LogP contribution in [0, 0.1) is 5.92 Å². The number of hydrogen-bond acceptors (Lipinski definition) is 4. The Morgan fingerprint density at radius 2 is 2.11 bits per heavy atom. The first-order valence-electron chi connectivity index (χ1n) is 6.99. The maximum absolute atomic E-state index is 5.84. The lowest BCUT2D eigenvalue weighted by Gasteiger charge is -2.19. The number of para-hydroxylation sites is 2. The summed E-state index contributed by atoms with van der Waals surface area (Å²) < 4.78 is 5.84. The SMILES string of the molecule is c1ccc2nc(OCC3CC4CCC3N4)cnc2c1. The molecule has 4 nitrogen and oxygen atoms in total. The van der Waals surface area contributed by atoms with E-state index < -0.39 is 0 Å². The van der Waals surface area contributed by atoms with Crippen molar-refractivity contribution in [2.45, 2.75) is 31.3 Å². The highest BCUT2D eigenvalue weighted by Crippen LogP contribution is 2.33. The number of fused-ring (bicyclic) bond motifs is 3. The van der Waals surface area contributed by atoms with Crippen LogP contribution in [0.2, 0.25) is 0 Å². The van der Waals surface area contributed by atoms with E-state index in [-0.39, 0.29) is 0 Å². The highest BCUT2D eigenvalue weighted by Gasteiger charge is 2.39. The second-order valence-electron chi connectivity index (χ2n) is 5.55. The maximum atomic E-state index is 5.84. The van der Waals surface area contributed by atoms with E-state index in [9.17, 15) is 0 Å². The molecule has 19 heavy (non-hydrogen) atoms. The highest BCUT2D eigenvalue weighted by molar-refractivity contribution is 5.73. The van der Waals surface area contributed by atoms with Crippen LogP contribution in [-0.2, 0) is 0 Å². The van der Waals surface area contributed by atoms with Crippen molar-refractivity contribution in [3.63, 3.8) is 0 Å². The van der Waals surface area contributed by atoms with Crippen LogP contribution in [0.25, 0.3) is 11.0 Å². The zero-order chi connectivity index (χ0) is 12.7. The van der Waals surface area contributed by atoms with Gasteiger partial charge >= 0.3 is 0 Å². The molecule has 98 valence electrons. The van der Waals surface area contributed by atoms with Crippen LogP contribution in [-0.4, -0.2) is 28.7 Å². The fraction of sp³-hybridized carbons (Fsp3) is 0.467. The van der Waals surface area contributed by atoms with Gasteiger partial charge in [-0.05, 0) is 31.4 Å². The lowest BCUT2D eigenvalue weighted by Crippen LogP contribution is -2.27. The summed E-state index contributed by atoms with van der Waals surface area (Å²) in [4.78, 5) is 8.86. The van der Waals surface area contributed by atoms with Crippen LogP contribution < -0.4 is 10.1 Å². The molecule has 2 saturated heterocycles. The molecule has 1 N–H and O–H groups in total. The van der Waals surface area contributed by atoms with Crippen LogP contribution in [0.15, 0.2) is 30.5 Å². The molecule has 0 saturated carbocycles. The summed E-state index contributed by atoms with van der Waals surface area (Å²) in [6.45, 7) is 0.751. The number of benzene rings is 1. The Labute approximate surface area is 112 Å². The molecule has 3 atom stereocenters. The molecule has 2 aromatic rings. The van der Waals surface area contributed by atoms with E-state index in [0.717, 1.165) is 23.7 Å². The topological polar surface area (TPSA) is 47.0 Å². The van der Waals surface area contributed by atoms with Gasteiger partial charge < -0.3 is 10.1 Å². The molecule has 2 aliphatic rings. The summed E-state index contributed by atoms with van der Waals surface area (Å²) in [6.07, 6.45) is 5.59. The first-order chi connectivity index (χ1) is 9.38. The average Bonchev–Trinajstić information content (AvgIpc) is 3.07. The molecular weight excluding hydrogens is 238 g/mol. The molecule has 0 radical (unpaired) electrons. The molecule has 2 bridgehead atoms. The third-order valence-corrected chi connectivity index (χ3v) is 4.30. The van der Waals surface area contributed by atoms with Crippen LogP contribution in [0.1, 0.15) is 19.3 Å². The number of ether oxygens (including phenoxy) is 1. The highest BCUT2D eigenvalue weighted by atomic mass is 16.5. The van der Waals surface area contributed by atoms with Crippen LogP contribution in [0.5, 0.6) is 5.88 Å². The minimum absolute atomic E-state index is 0.632. The fourth-order valence-corrected chi connectivity index (χ4v) is 3.32. The van der Waals surface area contributed by atoms with Crippen molar-refractivity contribution in [1.29, 1.82) is 0 Å². The second kappa shape index (κ2) is 4.46. The number of aromatic nitrogens is 2.